The average molecular weight is 479 g/mol. The van der Waals surface area contributed by atoms with Crippen LogP contribution >= 0.6 is 0 Å². The van der Waals surface area contributed by atoms with E-state index in [4.69, 9.17) is 4.74 Å². The molecule has 0 amide bonds. The number of benzene rings is 2. The molecule has 0 saturated heterocycles. The highest BCUT2D eigenvalue weighted by Crippen LogP contribution is 2.20. The van der Waals surface area contributed by atoms with E-state index in [1.165, 1.54) is 17.7 Å². The van der Waals surface area contributed by atoms with E-state index in [0.29, 0.717) is 17.9 Å². The third kappa shape index (κ3) is 5.12. The number of nitrogens with zero attached hydrogens (tertiary/aromatic N) is 6. The molecule has 9 nitrogen and oxygen atoms in total. The molecular formula is C25H27FN6O3. The van der Waals surface area contributed by atoms with Gasteiger partial charge < -0.3 is 9.64 Å². The summed E-state index contributed by atoms with van der Waals surface area (Å²) in [7, 11) is 1.36. The predicted octanol–water partition coefficient (Wildman–Crippen LogP) is 2.46. The Bertz CT molecular complexity index is 1440. The topological polar surface area (TPSA) is 95.1 Å². The highest BCUT2D eigenvalue weighted by atomic mass is 19.1. The molecule has 2 heterocycles. The van der Waals surface area contributed by atoms with Gasteiger partial charge in [0.05, 0.1) is 6.54 Å². The first-order valence-electron chi connectivity index (χ1n) is 11.5. The highest BCUT2D eigenvalue weighted by Gasteiger charge is 2.17. The molecule has 0 saturated carbocycles. The molecule has 0 atom stereocenters. The lowest BCUT2D eigenvalue weighted by Gasteiger charge is -2.18. The van der Waals surface area contributed by atoms with Crippen molar-refractivity contribution in [2.75, 3.05) is 26.2 Å². The molecule has 2 aromatic heterocycles. The fourth-order valence-corrected chi connectivity index (χ4v) is 3.76. The van der Waals surface area contributed by atoms with Crippen molar-refractivity contribution in [3.05, 3.63) is 80.7 Å². The van der Waals surface area contributed by atoms with Gasteiger partial charge in [-0.05, 0) is 43.4 Å². The molecule has 2 aromatic carbocycles. The number of rotatable bonds is 9. The van der Waals surface area contributed by atoms with E-state index >= 15 is 0 Å². The molecule has 0 aliphatic rings. The normalized spacial score (nSPS) is 11.3. The first-order chi connectivity index (χ1) is 16.9. The van der Waals surface area contributed by atoms with Crippen LogP contribution in [0.4, 0.5) is 4.39 Å². The maximum absolute atomic E-state index is 14.2. The van der Waals surface area contributed by atoms with Gasteiger partial charge in [0.15, 0.2) is 17.0 Å². The number of hydrogen-bond donors (Lipinski definition) is 0. The number of halogens is 1. The number of aromatic nitrogens is 5. The second kappa shape index (κ2) is 10.6. The third-order valence-corrected chi connectivity index (χ3v) is 5.92. The number of fused-ring (bicyclic) bond motifs is 1. The lowest BCUT2D eigenvalue weighted by molar-refractivity contribution is 0.223. The second-order valence-electron chi connectivity index (χ2n) is 8.03. The molecular weight excluding hydrogens is 451 g/mol. The lowest BCUT2D eigenvalue weighted by Crippen LogP contribution is -2.39. The Kier molecular flexibility index (Phi) is 7.31. The van der Waals surface area contributed by atoms with Crippen LogP contribution in [0.1, 0.15) is 19.4 Å². The SMILES string of the molecule is CCN(CC)CCOc1ccc(-c2nnc3c(n2)c(=O)n(C)c(=O)n3Cc2ccccc2F)cc1. The van der Waals surface area contributed by atoms with Crippen LogP contribution < -0.4 is 16.0 Å². The lowest BCUT2D eigenvalue weighted by atomic mass is 10.2. The first-order valence-corrected chi connectivity index (χ1v) is 11.5. The Labute approximate surface area is 201 Å². The van der Waals surface area contributed by atoms with Gasteiger partial charge in [0.2, 0.25) is 0 Å². The fraction of sp³-hybridized carbons (Fsp3) is 0.320. The molecule has 35 heavy (non-hydrogen) atoms. The van der Waals surface area contributed by atoms with E-state index in [2.05, 4.69) is 33.9 Å². The molecule has 4 rings (SSSR count). The number of ether oxygens (including phenoxy) is 1. The summed E-state index contributed by atoms with van der Waals surface area (Å²) in [5.74, 6) is 0.489. The van der Waals surface area contributed by atoms with Crippen LogP contribution in [-0.4, -0.2) is 55.5 Å². The summed E-state index contributed by atoms with van der Waals surface area (Å²) in [6.07, 6.45) is 0. The van der Waals surface area contributed by atoms with Gasteiger partial charge in [0, 0.05) is 24.7 Å². The smallest absolute Gasteiger partial charge is 0.332 e. The minimum absolute atomic E-state index is 0.00135. The zero-order chi connectivity index (χ0) is 24.9. The minimum atomic E-state index is -0.624. The molecule has 0 aliphatic heterocycles. The van der Waals surface area contributed by atoms with Gasteiger partial charge in [0.25, 0.3) is 5.56 Å². The molecule has 0 fully saturated rings. The van der Waals surface area contributed by atoms with Crippen LogP contribution in [-0.2, 0) is 13.6 Å². The summed E-state index contributed by atoms with van der Waals surface area (Å²) in [5.41, 5.74) is -0.307. The number of likely N-dealkylation sites (N-methyl/N-ethyl adjacent to an activating group) is 1. The van der Waals surface area contributed by atoms with Crippen LogP contribution in [0.15, 0.2) is 58.1 Å². The van der Waals surface area contributed by atoms with E-state index in [9.17, 15) is 14.0 Å². The highest BCUT2D eigenvalue weighted by molar-refractivity contribution is 5.71. The van der Waals surface area contributed by atoms with Crippen molar-refractivity contribution in [2.45, 2.75) is 20.4 Å². The average Bonchev–Trinajstić information content (AvgIpc) is 2.89. The maximum Gasteiger partial charge on any atom is 0.332 e. The predicted molar refractivity (Wildman–Crippen MR) is 131 cm³/mol. The minimum Gasteiger partial charge on any atom is -0.492 e. The van der Waals surface area contributed by atoms with Gasteiger partial charge in [0.1, 0.15) is 18.2 Å². The summed E-state index contributed by atoms with van der Waals surface area (Å²) in [6.45, 7) is 7.47. The van der Waals surface area contributed by atoms with Crippen molar-refractivity contribution in [3.63, 3.8) is 0 Å². The molecule has 0 spiro atoms. The first kappa shape index (κ1) is 24.2. The van der Waals surface area contributed by atoms with Crippen molar-refractivity contribution in [1.82, 2.24) is 29.2 Å². The summed E-state index contributed by atoms with van der Waals surface area (Å²) in [6, 6.07) is 13.3. The quantitative estimate of drug-likeness (QED) is 0.365. The molecule has 0 aliphatic carbocycles. The zero-order valence-electron chi connectivity index (χ0n) is 19.9. The van der Waals surface area contributed by atoms with Crippen molar-refractivity contribution in [1.29, 1.82) is 0 Å². The van der Waals surface area contributed by atoms with Gasteiger partial charge in [-0.2, -0.15) is 0 Å². The van der Waals surface area contributed by atoms with Crippen LogP contribution in [0.25, 0.3) is 22.6 Å². The van der Waals surface area contributed by atoms with Crippen molar-refractivity contribution < 1.29 is 9.13 Å². The van der Waals surface area contributed by atoms with E-state index in [-0.39, 0.29) is 29.1 Å². The van der Waals surface area contributed by atoms with Gasteiger partial charge in [-0.25, -0.2) is 14.2 Å². The molecule has 0 unspecified atom stereocenters. The van der Waals surface area contributed by atoms with Crippen LogP contribution in [0.5, 0.6) is 5.75 Å². The summed E-state index contributed by atoms with van der Waals surface area (Å²) in [5, 5.41) is 8.27. The molecule has 0 N–H and O–H groups in total. The number of hydrogen-bond acceptors (Lipinski definition) is 7. The largest absolute Gasteiger partial charge is 0.492 e. The third-order valence-electron chi connectivity index (χ3n) is 5.92. The Morgan fingerprint density at radius 2 is 1.71 bits per heavy atom. The standard InChI is InChI=1S/C25H27FN6O3/c1-4-31(5-2)14-15-35-19-12-10-17(11-13-19)22-27-21-23(29-28-22)32(25(34)30(3)24(21)33)16-18-8-6-7-9-20(18)26/h6-13H,4-5,14-16H2,1-3H3. The Morgan fingerprint density at radius 1 is 1.00 bits per heavy atom. The van der Waals surface area contributed by atoms with Crippen LogP contribution in [0, 0.1) is 5.82 Å². The zero-order valence-corrected chi connectivity index (χ0v) is 19.9. The monoisotopic (exact) mass is 478 g/mol. The van der Waals surface area contributed by atoms with E-state index in [1.54, 1.807) is 30.3 Å². The van der Waals surface area contributed by atoms with Crippen molar-refractivity contribution >= 4 is 11.2 Å². The molecule has 10 heteroatoms. The summed E-state index contributed by atoms with van der Waals surface area (Å²) >= 11 is 0. The molecule has 182 valence electrons. The van der Waals surface area contributed by atoms with Crippen LogP contribution in [0.3, 0.4) is 0 Å². The Morgan fingerprint density at radius 3 is 2.40 bits per heavy atom. The maximum atomic E-state index is 14.2. The van der Waals surface area contributed by atoms with Gasteiger partial charge >= 0.3 is 5.69 Å². The van der Waals surface area contributed by atoms with Gasteiger partial charge in [-0.1, -0.05) is 32.0 Å². The van der Waals surface area contributed by atoms with Crippen molar-refractivity contribution in [2.24, 2.45) is 7.05 Å². The molecule has 0 radical (unpaired) electrons. The van der Waals surface area contributed by atoms with Gasteiger partial charge in [-0.3, -0.25) is 13.9 Å². The second-order valence-corrected chi connectivity index (χ2v) is 8.03. The Balaban J connectivity index is 1.64. The van der Waals surface area contributed by atoms with E-state index in [0.717, 1.165) is 24.2 Å². The van der Waals surface area contributed by atoms with Gasteiger partial charge in [-0.15, -0.1) is 10.2 Å². The summed E-state index contributed by atoms with van der Waals surface area (Å²) in [4.78, 5) is 32.2. The molecule has 4 aromatic rings. The van der Waals surface area contributed by atoms with Crippen molar-refractivity contribution in [3.8, 4) is 17.1 Å². The molecule has 0 bridgehead atoms. The van der Waals surface area contributed by atoms with E-state index < -0.39 is 17.1 Å². The van der Waals surface area contributed by atoms with E-state index in [1.807, 2.05) is 12.1 Å². The van der Waals surface area contributed by atoms with Crippen LogP contribution in [0.2, 0.25) is 0 Å². The Hall–Kier alpha value is -3.92. The summed E-state index contributed by atoms with van der Waals surface area (Å²) < 4.78 is 22.2. The fourth-order valence-electron chi connectivity index (χ4n) is 3.76.